The van der Waals surface area contributed by atoms with Crippen LogP contribution < -0.4 is 0 Å². The monoisotopic (exact) mass is 159 g/mol. The Labute approximate surface area is 70.4 Å². The van der Waals surface area contributed by atoms with Crippen molar-refractivity contribution in [2.75, 3.05) is 0 Å². The molecule has 0 bridgehead atoms. The van der Waals surface area contributed by atoms with Crippen molar-refractivity contribution in [2.45, 2.75) is 6.92 Å². The normalized spacial score (nSPS) is 10.4. The van der Waals surface area contributed by atoms with Gasteiger partial charge in [0.15, 0.2) is 0 Å². The van der Waals surface area contributed by atoms with Crippen molar-refractivity contribution < 1.29 is 0 Å². The van der Waals surface area contributed by atoms with Gasteiger partial charge in [-0.2, -0.15) is 0 Å². The van der Waals surface area contributed by atoms with Gasteiger partial charge in [0.1, 0.15) is 0 Å². The molecule has 0 spiro atoms. The Bertz CT molecular complexity index is 428. The number of rotatable bonds is 1. The van der Waals surface area contributed by atoms with Crippen molar-refractivity contribution in [2.24, 2.45) is 0 Å². The van der Waals surface area contributed by atoms with Gasteiger partial charge in [0.25, 0.3) is 0 Å². The van der Waals surface area contributed by atoms with Crippen molar-refractivity contribution in [3.05, 3.63) is 37.2 Å². The first kappa shape index (κ1) is 7.03. The maximum Gasteiger partial charge on any atom is 0.0993 e. The Morgan fingerprint density at radius 1 is 1.50 bits per heavy atom. The average Bonchev–Trinajstić information content (AvgIpc) is 2.49. The van der Waals surface area contributed by atoms with E-state index in [1.165, 1.54) is 0 Å². The van der Waals surface area contributed by atoms with E-state index in [1.54, 1.807) is 18.7 Å². The van der Waals surface area contributed by atoms with E-state index < -0.39 is 0 Å². The van der Waals surface area contributed by atoms with Crippen LogP contribution >= 0.6 is 0 Å². The summed E-state index contributed by atoms with van der Waals surface area (Å²) in [4.78, 5) is 8.21. The molecule has 0 fully saturated rings. The Morgan fingerprint density at radius 3 is 3.08 bits per heavy atom. The second-order valence-corrected chi connectivity index (χ2v) is 2.78. The van der Waals surface area contributed by atoms with Crippen molar-refractivity contribution >= 4 is 11.1 Å². The zero-order chi connectivity index (χ0) is 8.55. The first-order valence-corrected chi connectivity index (χ1v) is 3.71. The Hall–Kier alpha value is -1.64. The second kappa shape index (κ2) is 2.44. The zero-order valence-electron chi connectivity index (χ0n) is 6.86. The summed E-state index contributed by atoms with van der Waals surface area (Å²) in [6.07, 6.45) is 7.24. The van der Waals surface area contributed by atoms with E-state index >= 15 is 0 Å². The highest BCUT2D eigenvalue weighted by Crippen LogP contribution is 2.08. The van der Waals surface area contributed by atoms with Gasteiger partial charge in [-0.05, 0) is 12.5 Å². The van der Waals surface area contributed by atoms with E-state index in [0.717, 1.165) is 16.8 Å². The molecule has 2 heterocycles. The number of allylic oxidation sites excluding steroid dienone is 1. The van der Waals surface area contributed by atoms with Crippen LogP contribution in [0.5, 0.6) is 0 Å². The second-order valence-electron chi connectivity index (χ2n) is 2.78. The summed E-state index contributed by atoms with van der Waals surface area (Å²) in [5.74, 6) is 0. The van der Waals surface area contributed by atoms with E-state index in [4.69, 9.17) is 0 Å². The lowest BCUT2D eigenvalue weighted by molar-refractivity contribution is 1.10. The third-order valence-electron chi connectivity index (χ3n) is 1.73. The minimum absolute atomic E-state index is 0.903. The minimum Gasteiger partial charge on any atom is -0.303 e. The van der Waals surface area contributed by atoms with Gasteiger partial charge in [-0.3, -0.25) is 4.98 Å². The number of hydrogen-bond acceptors (Lipinski definition) is 2. The predicted molar refractivity (Wildman–Crippen MR) is 47.7 cm³/mol. The van der Waals surface area contributed by atoms with Gasteiger partial charge in [-0.25, -0.2) is 4.98 Å². The summed E-state index contributed by atoms with van der Waals surface area (Å²) < 4.78 is 1.93. The molecule has 60 valence electrons. The molecule has 2 aromatic rings. The van der Waals surface area contributed by atoms with Gasteiger partial charge in [-0.1, -0.05) is 6.58 Å². The fourth-order valence-electron chi connectivity index (χ4n) is 1.04. The molecule has 12 heavy (non-hydrogen) atoms. The van der Waals surface area contributed by atoms with Crippen LogP contribution in [-0.4, -0.2) is 14.4 Å². The molecule has 2 aromatic heterocycles. The molecule has 0 saturated carbocycles. The largest absolute Gasteiger partial charge is 0.303 e. The predicted octanol–water partition coefficient (Wildman–Crippen LogP) is 1.76. The quantitative estimate of drug-likeness (QED) is 0.634. The fraction of sp³-hybridized carbons (Fsp3) is 0.111. The molecule has 0 aromatic carbocycles. The molecule has 0 aliphatic rings. The van der Waals surface area contributed by atoms with Crippen LogP contribution in [0.25, 0.3) is 11.1 Å². The van der Waals surface area contributed by atoms with Crippen LogP contribution in [0.4, 0.5) is 0 Å². The first-order chi connectivity index (χ1) is 5.77. The van der Waals surface area contributed by atoms with Crippen LogP contribution in [0.1, 0.15) is 12.6 Å². The van der Waals surface area contributed by atoms with Gasteiger partial charge < -0.3 is 4.40 Å². The molecule has 0 radical (unpaired) electrons. The van der Waals surface area contributed by atoms with Crippen LogP contribution in [0.3, 0.4) is 0 Å². The highest BCUT2D eigenvalue weighted by molar-refractivity contribution is 5.58. The molecule has 0 aliphatic heterocycles. The smallest absolute Gasteiger partial charge is 0.0993 e. The fourth-order valence-corrected chi connectivity index (χ4v) is 1.04. The molecular formula is C9H9N3. The number of nitrogens with zero attached hydrogens (tertiary/aromatic N) is 3. The van der Waals surface area contributed by atoms with Crippen molar-refractivity contribution in [1.29, 1.82) is 0 Å². The SMILES string of the molecule is C=C(C)c1cn2cncc2cn1. The molecule has 0 aliphatic carbocycles. The minimum atomic E-state index is 0.903. The lowest BCUT2D eigenvalue weighted by Crippen LogP contribution is -1.89. The van der Waals surface area contributed by atoms with Gasteiger partial charge in [0, 0.05) is 6.20 Å². The summed E-state index contributed by atoms with van der Waals surface area (Å²) in [5.41, 5.74) is 2.87. The van der Waals surface area contributed by atoms with Crippen LogP contribution in [0.15, 0.2) is 31.5 Å². The summed E-state index contributed by atoms with van der Waals surface area (Å²) >= 11 is 0. The Morgan fingerprint density at radius 2 is 2.33 bits per heavy atom. The van der Waals surface area contributed by atoms with E-state index in [-0.39, 0.29) is 0 Å². The van der Waals surface area contributed by atoms with E-state index in [1.807, 2.05) is 17.5 Å². The van der Waals surface area contributed by atoms with Crippen molar-refractivity contribution in [3.8, 4) is 0 Å². The highest BCUT2D eigenvalue weighted by Gasteiger charge is 1.96. The molecule has 0 unspecified atom stereocenters. The van der Waals surface area contributed by atoms with E-state index in [2.05, 4.69) is 16.5 Å². The Balaban J connectivity index is 2.68. The zero-order valence-corrected chi connectivity index (χ0v) is 6.86. The van der Waals surface area contributed by atoms with Crippen molar-refractivity contribution in [1.82, 2.24) is 14.4 Å². The summed E-state index contributed by atoms with van der Waals surface area (Å²) in [6, 6.07) is 0. The summed E-state index contributed by atoms with van der Waals surface area (Å²) in [6.45, 7) is 5.76. The number of aromatic nitrogens is 3. The molecule has 0 atom stereocenters. The maximum atomic E-state index is 4.22. The molecule has 0 amide bonds. The number of imidazole rings is 1. The molecule has 2 rings (SSSR count). The standard InChI is InChI=1S/C9H9N3/c1-7(2)9-5-12-6-10-3-8(12)4-11-9/h3-6H,1H2,2H3. The highest BCUT2D eigenvalue weighted by atomic mass is 15.0. The van der Waals surface area contributed by atoms with Crippen LogP contribution in [-0.2, 0) is 0 Å². The summed E-state index contributed by atoms with van der Waals surface area (Å²) in [7, 11) is 0. The third-order valence-corrected chi connectivity index (χ3v) is 1.73. The van der Waals surface area contributed by atoms with Gasteiger partial charge in [0.05, 0.1) is 29.9 Å². The third kappa shape index (κ3) is 0.993. The molecular weight excluding hydrogens is 150 g/mol. The Kier molecular flexibility index (Phi) is 1.43. The number of fused-ring (bicyclic) bond motifs is 1. The average molecular weight is 159 g/mol. The van der Waals surface area contributed by atoms with Crippen LogP contribution in [0.2, 0.25) is 0 Å². The van der Waals surface area contributed by atoms with Crippen molar-refractivity contribution in [3.63, 3.8) is 0 Å². The number of hydrogen-bond donors (Lipinski definition) is 0. The van der Waals surface area contributed by atoms with E-state index in [9.17, 15) is 0 Å². The van der Waals surface area contributed by atoms with E-state index in [0.29, 0.717) is 0 Å². The first-order valence-electron chi connectivity index (χ1n) is 3.71. The maximum absolute atomic E-state index is 4.22. The van der Waals surface area contributed by atoms with Gasteiger partial charge in [0.2, 0.25) is 0 Å². The van der Waals surface area contributed by atoms with Gasteiger partial charge >= 0.3 is 0 Å². The topological polar surface area (TPSA) is 30.2 Å². The molecule has 3 nitrogen and oxygen atoms in total. The summed E-state index contributed by atoms with van der Waals surface area (Å²) in [5, 5.41) is 0. The molecule has 3 heteroatoms. The van der Waals surface area contributed by atoms with Gasteiger partial charge in [-0.15, -0.1) is 0 Å². The van der Waals surface area contributed by atoms with Crippen LogP contribution in [0, 0.1) is 0 Å². The lowest BCUT2D eigenvalue weighted by Gasteiger charge is -1.98. The lowest BCUT2D eigenvalue weighted by atomic mass is 10.2. The molecule has 0 saturated heterocycles. The molecule has 0 N–H and O–H groups in total.